The van der Waals surface area contributed by atoms with Gasteiger partial charge in [0.25, 0.3) is 0 Å². The summed E-state index contributed by atoms with van der Waals surface area (Å²) < 4.78 is 5.52. The first kappa shape index (κ1) is 16.0. The number of carboxylic acid groups (broad SMARTS) is 1. The van der Waals surface area contributed by atoms with Gasteiger partial charge in [-0.25, -0.2) is 4.79 Å². The van der Waals surface area contributed by atoms with Crippen LogP contribution in [0.5, 0.6) is 5.75 Å². The molecule has 0 atom stereocenters. The largest absolute Gasteiger partial charge is 0.489 e. The molecule has 1 aromatic rings. The van der Waals surface area contributed by atoms with Crippen LogP contribution < -0.4 is 4.74 Å². The van der Waals surface area contributed by atoms with E-state index in [1.165, 1.54) is 11.1 Å². The molecule has 0 aromatic heterocycles. The average molecular weight is 274 g/mol. The Morgan fingerprint density at radius 2 is 1.90 bits per heavy atom. The van der Waals surface area contributed by atoms with Crippen LogP contribution in [0.15, 0.2) is 47.6 Å². The first-order valence-electron chi connectivity index (χ1n) is 6.75. The second kappa shape index (κ2) is 8.20. The van der Waals surface area contributed by atoms with E-state index in [1.807, 2.05) is 6.08 Å². The summed E-state index contributed by atoms with van der Waals surface area (Å²) in [5.41, 5.74) is 2.77. The van der Waals surface area contributed by atoms with Crippen LogP contribution >= 0.6 is 0 Å². The van der Waals surface area contributed by atoms with E-state index in [2.05, 4.69) is 26.8 Å². The lowest BCUT2D eigenvalue weighted by Crippen LogP contribution is -2.03. The maximum atomic E-state index is 11.0. The number of aromatic carboxylic acids is 1. The predicted octanol–water partition coefficient (Wildman–Crippen LogP) is 4.46. The van der Waals surface area contributed by atoms with Gasteiger partial charge in [-0.2, -0.15) is 0 Å². The molecule has 0 aliphatic heterocycles. The normalized spacial score (nSPS) is 11.1. The number of allylic oxidation sites excluding steroid dienone is 3. The molecule has 1 N–H and O–H groups in total. The number of carbonyl (C=O) groups is 1. The summed E-state index contributed by atoms with van der Waals surface area (Å²) in [6.07, 6.45) is 6.22. The van der Waals surface area contributed by atoms with Gasteiger partial charge in [0.05, 0.1) is 0 Å². The molecule has 1 aromatic carbocycles. The van der Waals surface area contributed by atoms with E-state index >= 15 is 0 Å². The number of rotatable bonds is 7. The predicted molar refractivity (Wildman–Crippen MR) is 81.3 cm³/mol. The van der Waals surface area contributed by atoms with Crippen LogP contribution in [0.1, 0.15) is 44.0 Å². The lowest BCUT2D eigenvalue weighted by Gasteiger charge is -2.07. The Bertz CT molecular complexity index is 509. The lowest BCUT2D eigenvalue weighted by molar-refractivity contribution is 0.0693. The number of ether oxygens (including phenoxy) is 1. The topological polar surface area (TPSA) is 46.5 Å². The average Bonchev–Trinajstić information content (AvgIpc) is 2.38. The summed E-state index contributed by atoms with van der Waals surface area (Å²) >= 11 is 0. The quantitative estimate of drug-likeness (QED) is 0.747. The molecular formula is C17H22O3. The van der Waals surface area contributed by atoms with E-state index < -0.39 is 5.97 Å². The van der Waals surface area contributed by atoms with Gasteiger partial charge in [0.2, 0.25) is 0 Å². The second-order valence-electron chi connectivity index (χ2n) is 4.98. The van der Waals surface area contributed by atoms with Gasteiger partial charge in [-0.05, 0) is 51.8 Å². The molecule has 0 unspecified atom stereocenters. The SMILES string of the molecule is CC(C)=CCC/C(C)=C\COc1ccccc1C(=O)O. The summed E-state index contributed by atoms with van der Waals surface area (Å²) in [5, 5.41) is 9.04. The van der Waals surface area contributed by atoms with Crippen LogP contribution in [0.2, 0.25) is 0 Å². The molecule has 0 saturated carbocycles. The highest BCUT2D eigenvalue weighted by Crippen LogP contribution is 2.18. The third kappa shape index (κ3) is 5.74. The zero-order valence-corrected chi connectivity index (χ0v) is 12.3. The molecule has 0 radical (unpaired) electrons. The van der Waals surface area contributed by atoms with Gasteiger partial charge in [0, 0.05) is 0 Å². The van der Waals surface area contributed by atoms with Crippen molar-refractivity contribution in [3.63, 3.8) is 0 Å². The van der Waals surface area contributed by atoms with Crippen LogP contribution in [0, 0.1) is 0 Å². The Balaban J connectivity index is 2.51. The van der Waals surface area contributed by atoms with Gasteiger partial charge in [0.1, 0.15) is 17.9 Å². The van der Waals surface area contributed by atoms with Gasteiger partial charge < -0.3 is 9.84 Å². The Morgan fingerprint density at radius 1 is 1.20 bits per heavy atom. The molecule has 0 bridgehead atoms. The molecular weight excluding hydrogens is 252 g/mol. The van der Waals surface area contributed by atoms with E-state index in [0.29, 0.717) is 12.4 Å². The van der Waals surface area contributed by atoms with Gasteiger partial charge >= 0.3 is 5.97 Å². The minimum atomic E-state index is -0.968. The third-order valence-electron chi connectivity index (χ3n) is 2.88. The molecule has 0 aliphatic carbocycles. The van der Waals surface area contributed by atoms with Crippen LogP contribution in [0.4, 0.5) is 0 Å². The van der Waals surface area contributed by atoms with Crippen molar-refractivity contribution in [3.8, 4) is 5.75 Å². The van der Waals surface area contributed by atoms with Gasteiger partial charge in [-0.1, -0.05) is 29.4 Å². The molecule has 0 aliphatic rings. The zero-order valence-electron chi connectivity index (χ0n) is 12.3. The van der Waals surface area contributed by atoms with Crippen molar-refractivity contribution in [2.45, 2.75) is 33.6 Å². The summed E-state index contributed by atoms with van der Waals surface area (Å²) in [5.74, 6) is -0.557. The first-order chi connectivity index (χ1) is 9.50. The minimum Gasteiger partial charge on any atom is -0.489 e. The van der Waals surface area contributed by atoms with Crippen molar-refractivity contribution in [3.05, 3.63) is 53.1 Å². The monoisotopic (exact) mass is 274 g/mol. The van der Waals surface area contributed by atoms with Crippen molar-refractivity contribution >= 4 is 5.97 Å². The molecule has 0 saturated heterocycles. The van der Waals surface area contributed by atoms with Crippen LogP contribution in [-0.4, -0.2) is 17.7 Å². The highest BCUT2D eigenvalue weighted by molar-refractivity contribution is 5.90. The van der Waals surface area contributed by atoms with Gasteiger partial charge in [0.15, 0.2) is 0 Å². The van der Waals surface area contributed by atoms with Crippen molar-refractivity contribution in [2.24, 2.45) is 0 Å². The maximum absolute atomic E-state index is 11.0. The standard InChI is InChI=1S/C17H22O3/c1-13(2)7-6-8-14(3)11-12-20-16-10-5-4-9-15(16)17(18)19/h4-5,7,9-11H,6,8,12H2,1-3H3,(H,18,19)/b14-11-. The summed E-state index contributed by atoms with van der Waals surface area (Å²) in [4.78, 5) is 11.0. The smallest absolute Gasteiger partial charge is 0.339 e. The van der Waals surface area contributed by atoms with Crippen molar-refractivity contribution in [2.75, 3.05) is 6.61 Å². The Morgan fingerprint density at radius 3 is 2.55 bits per heavy atom. The summed E-state index contributed by atoms with van der Waals surface area (Å²) in [6.45, 7) is 6.63. The number of carboxylic acids is 1. The maximum Gasteiger partial charge on any atom is 0.339 e. The van der Waals surface area contributed by atoms with Gasteiger partial charge in [-0.15, -0.1) is 0 Å². The van der Waals surface area contributed by atoms with Crippen LogP contribution in [-0.2, 0) is 0 Å². The molecule has 20 heavy (non-hydrogen) atoms. The summed E-state index contributed by atoms with van der Waals surface area (Å²) in [6, 6.07) is 6.68. The van der Waals surface area contributed by atoms with Crippen molar-refractivity contribution in [1.29, 1.82) is 0 Å². The molecule has 0 amide bonds. The fourth-order valence-electron chi connectivity index (χ4n) is 1.73. The second-order valence-corrected chi connectivity index (χ2v) is 4.98. The van der Waals surface area contributed by atoms with Crippen molar-refractivity contribution < 1.29 is 14.6 Å². The highest BCUT2D eigenvalue weighted by atomic mass is 16.5. The Kier molecular flexibility index (Phi) is 6.57. The molecule has 3 heteroatoms. The Hall–Kier alpha value is -2.03. The van der Waals surface area contributed by atoms with Crippen LogP contribution in [0.25, 0.3) is 0 Å². The zero-order chi connectivity index (χ0) is 15.0. The highest BCUT2D eigenvalue weighted by Gasteiger charge is 2.09. The van der Waals surface area contributed by atoms with Gasteiger partial charge in [-0.3, -0.25) is 0 Å². The van der Waals surface area contributed by atoms with E-state index in [1.54, 1.807) is 24.3 Å². The van der Waals surface area contributed by atoms with E-state index in [4.69, 9.17) is 9.84 Å². The number of para-hydroxylation sites is 1. The fraction of sp³-hybridized carbons (Fsp3) is 0.353. The van der Waals surface area contributed by atoms with Crippen LogP contribution in [0.3, 0.4) is 0 Å². The minimum absolute atomic E-state index is 0.197. The molecule has 0 spiro atoms. The third-order valence-corrected chi connectivity index (χ3v) is 2.88. The molecule has 3 nitrogen and oxygen atoms in total. The molecule has 0 fully saturated rings. The number of hydrogen-bond acceptors (Lipinski definition) is 2. The molecule has 108 valence electrons. The fourth-order valence-corrected chi connectivity index (χ4v) is 1.73. The first-order valence-corrected chi connectivity index (χ1v) is 6.75. The van der Waals surface area contributed by atoms with Crippen molar-refractivity contribution in [1.82, 2.24) is 0 Å². The number of benzene rings is 1. The molecule has 0 heterocycles. The van der Waals surface area contributed by atoms with E-state index in [9.17, 15) is 4.79 Å². The van der Waals surface area contributed by atoms with E-state index in [0.717, 1.165) is 12.8 Å². The van der Waals surface area contributed by atoms with E-state index in [-0.39, 0.29) is 5.56 Å². The lowest BCUT2D eigenvalue weighted by atomic mass is 10.1. The summed E-state index contributed by atoms with van der Waals surface area (Å²) in [7, 11) is 0. The Labute approximate surface area is 120 Å². The molecule has 1 rings (SSSR count). The number of hydrogen-bond donors (Lipinski definition) is 1.